The second-order valence-electron chi connectivity index (χ2n) is 10.2. The Morgan fingerprint density at radius 3 is 2.00 bits per heavy atom. The number of ketones is 2. The van der Waals surface area contributed by atoms with Gasteiger partial charge in [-0.2, -0.15) is 0 Å². The number of carbonyl (C=O) groups excluding carboxylic acids is 4. The summed E-state index contributed by atoms with van der Waals surface area (Å²) in [5.74, 6) is -2.50. The lowest BCUT2D eigenvalue weighted by Crippen LogP contribution is -2.43. The average molecular weight is 364 g/mol. The summed E-state index contributed by atoms with van der Waals surface area (Å²) in [7, 11) is 0. The van der Waals surface area contributed by atoms with Gasteiger partial charge in [0.2, 0.25) is 0 Å². The molecule has 5 heteroatoms. The summed E-state index contributed by atoms with van der Waals surface area (Å²) in [6.45, 7) is 15.5. The van der Waals surface area contributed by atoms with Crippen LogP contribution in [-0.4, -0.2) is 23.5 Å². The monoisotopic (exact) mass is 364 g/mol. The summed E-state index contributed by atoms with van der Waals surface area (Å²) in [5.41, 5.74) is -1.75. The fraction of sp³-hybridized carbons (Fsp3) is 0.810. The van der Waals surface area contributed by atoms with Crippen LogP contribution in [0, 0.1) is 39.9 Å². The van der Waals surface area contributed by atoms with Gasteiger partial charge in [-0.3, -0.25) is 19.2 Å². The number of carbonyl (C=O) groups is 4. The normalized spacial score (nSPS) is 29.7. The first-order chi connectivity index (χ1) is 11.6. The van der Waals surface area contributed by atoms with Gasteiger partial charge in [0.15, 0.2) is 0 Å². The molecule has 5 nitrogen and oxygen atoms in total. The van der Waals surface area contributed by atoms with E-state index < -0.39 is 45.9 Å². The Morgan fingerprint density at radius 2 is 1.58 bits per heavy atom. The van der Waals surface area contributed by atoms with Crippen molar-refractivity contribution >= 4 is 23.5 Å². The number of hydrogen-bond donors (Lipinski definition) is 0. The van der Waals surface area contributed by atoms with Gasteiger partial charge in [-0.1, -0.05) is 55.4 Å². The molecular formula is C21H32O5. The molecule has 2 aliphatic rings. The Morgan fingerprint density at radius 1 is 1.04 bits per heavy atom. The lowest BCUT2D eigenvalue weighted by atomic mass is 9.59. The van der Waals surface area contributed by atoms with Crippen molar-refractivity contribution in [3.63, 3.8) is 0 Å². The second-order valence-corrected chi connectivity index (χ2v) is 10.2. The second kappa shape index (κ2) is 6.28. The van der Waals surface area contributed by atoms with E-state index in [1.54, 1.807) is 13.8 Å². The van der Waals surface area contributed by atoms with E-state index in [2.05, 4.69) is 0 Å². The Labute approximate surface area is 156 Å². The maximum atomic E-state index is 12.5. The first-order valence-electron chi connectivity index (χ1n) is 9.45. The highest BCUT2D eigenvalue weighted by atomic mass is 16.6. The maximum absolute atomic E-state index is 12.5. The molecule has 1 aliphatic heterocycles. The molecule has 2 fully saturated rings. The van der Waals surface area contributed by atoms with Gasteiger partial charge >= 0.3 is 11.9 Å². The van der Waals surface area contributed by atoms with Crippen molar-refractivity contribution in [3.05, 3.63) is 0 Å². The first kappa shape index (κ1) is 20.8. The third-order valence-electron chi connectivity index (χ3n) is 7.07. The minimum Gasteiger partial charge on any atom is -0.393 e. The third-order valence-corrected chi connectivity index (χ3v) is 7.07. The fourth-order valence-electron chi connectivity index (χ4n) is 5.07. The highest BCUT2D eigenvalue weighted by Gasteiger charge is 2.59. The molecule has 3 unspecified atom stereocenters. The maximum Gasteiger partial charge on any atom is 0.318 e. The average Bonchev–Trinajstić information content (AvgIpc) is 2.82. The minimum absolute atomic E-state index is 0.0456. The van der Waals surface area contributed by atoms with Crippen LogP contribution in [0.15, 0.2) is 0 Å². The molecule has 0 N–H and O–H groups in total. The Balaban J connectivity index is 2.38. The van der Waals surface area contributed by atoms with E-state index >= 15 is 0 Å². The van der Waals surface area contributed by atoms with E-state index in [0.29, 0.717) is 6.42 Å². The molecule has 0 radical (unpaired) electrons. The number of hydrogen-bond acceptors (Lipinski definition) is 5. The SMILES string of the molecule is CC(C)C(C)(C)C1C(=O)OC(=O)C1CC(C)(C)C1C(=O)CC(=O)C1(C)C. The molecule has 1 saturated carbocycles. The molecule has 0 aromatic heterocycles. The fourth-order valence-corrected chi connectivity index (χ4v) is 5.07. The van der Waals surface area contributed by atoms with E-state index in [4.69, 9.17) is 4.74 Å². The molecule has 2 rings (SSSR count). The lowest BCUT2D eigenvalue weighted by Gasteiger charge is -2.42. The number of rotatable bonds is 5. The molecule has 1 saturated heterocycles. The number of esters is 2. The van der Waals surface area contributed by atoms with Gasteiger partial charge in [-0.25, -0.2) is 0 Å². The smallest absolute Gasteiger partial charge is 0.318 e. The van der Waals surface area contributed by atoms with Gasteiger partial charge in [-0.15, -0.1) is 0 Å². The van der Waals surface area contributed by atoms with Crippen molar-refractivity contribution in [1.29, 1.82) is 0 Å². The van der Waals surface area contributed by atoms with Crippen LogP contribution in [0.25, 0.3) is 0 Å². The van der Waals surface area contributed by atoms with Crippen LogP contribution < -0.4 is 0 Å². The van der Waals surface area contributed by atoms with Crippen LogP contribution in [0.1, 0.15) is 68.2 Å². The zero-order valence-electron chi connectivity index (χ0n) is 17.3. The summed E-state index contributed by atoms with van der Waals surface area (Å²) in [5, 5.41) is 0. The van der Waals surface area contributed by atoms with E-state index in [0.717, 1.165) is 0 Å². The molecule has 3 atom stereocenters. The van der Waals surface area contributed by atoms with Gasteiger partial charge < -0.3 is 4.74 Å². The first-order valence-corrected chi connectivity index (χ1v) is 9.45. The molecule has 0 amide bonds. The van der Waals surface area contributed by atoms with Crippen molar-refractivity contribution in [2.24, 2.45) is 39.9 Å². The summed E-state index contributed by atoms with van der Waals surface area (Å²) in [6, 6.07) is 0. The number of ether oxygens (including phenoxy) is 1. The predicted octanol–water partition coefficient (Wildman–Crippen LogP) is 3.59. The van der Waals surface area contributed by atoms with Crippen LogP contribution in [0.3, 0.4) is 0 Å². The third kappa shape index (κ3) is 3.14. The zero-order chi connectivity index (χ0) is 20.2. The number of Topliss-reactive ketones (excluding diaryl/α,β-unsaturated/α-hetero) is 2. The van der Waals surface area contributed by atoms with Gasteiger partial charge in [0, 0.05) is 11.3 Å². The summed E-state index contributed by atoms with van der Waals surface area (Å²) >= 11 is 0. The van der Waals surface area contributed by atoms with E-state index in [1.165, 1.54) is 0 Å². The van der Waals surface area contributed by atoms with Gasteiger partial charge in [-0.05, 0) is 23.2 Å². The molecule has 0 aromatic rings. The topological polar surface area (TPSA) is 77.5 Å². The Bertz CT molecular complexity index is 653. The standard InChI is InChI=1S/C21H32O5/c1-11(2)20(5,6)15-12(17(24)26-18(15)25)10-19(3,4)16-13(22)9-14(23)21(16,7)8/h11-12,15-16H,9-10H2,1-8H3. The highest BCUT2D eigenvalue weighted by molar-refractivity contribution is 6.10. The van der Waals surface area contributed by atoms with Gasteiger partial charge in [0.1, 0.15) is 11.6 Å². The quantitative estimate of drug-likeness (QED) is 0.550. The molecule has 1 heterocycles. The molecular weight excluding hydrogens is 332 g/mol. The predicted molar refractivity (Wildman–Crippen MR) is 97.0 cm³/mol. The lowest BCUT2D eigenvalue weighted by molar-refractivity contribution is -0.155. The van der Waals surface area contributed by atoms with Crippen molar-refractivity contribution in [1.82, 2.24) is 0 Å². The summed E-state index contributed by atoms with van der Waals surface area (Å²) in [4.78, 5) is 49.7. The van der Waals surface area contributed by atoms with Crippen LogP contribution >= 0.6 is 0 Å². The zero-order valence-corrected chi connectivity index (χ0v) is 17.3. The van der Waals surface area contributed by atoms with Gasteiger partial charge in [0.25, 0.3) is 0 Å². The minimum atomic E-state index is -0.754. The van der Waals surface area contributed by atoms with E-state index in [-0.39, 0.29) is 23.9 Å². The largest absolute Gasteiger partial charge is 0.393 e. The van der Waals surface area contributed by atoms with Crippen LogP contribution in [0.5, 0.6) is 0 Å². The summed E-state index contributed by atoms with van der Waals surface area (Å²) < 4.78 is 5.00. The Kier molecular flexibility index (Phi) is 5.02. The van der Waals surface area contributed by atoms with Crippen molar-refractivity contribution in [3.8, 4) is 0 Å². The molecule has 1 aliphatic carbocycles. The van der Waals surface area contributed by atoms with Crippen LogP contribution in [0.2, 0.25) is 0 Å². The summed E-state index contributed by atoms with van der Waals surface area (Å²) in [6.07, 6.45) is 0.307. The molecule has 26 heavy (non-hydrogen) atoms. The molecule has 0 bridgehead atoms. The van der Waals surface area contributed by atoms with E-state index in [9.17, 15) is 19.2 Å². The van der Waals surface area contributed by atoms with Crippen molar-refractivity contribution in [2.45, 2.75) is 68.2 Å². The Hall–Kier alpha value is -1.52. The van der Waals surface area contributed by atoms with E-state index in [1.807, 2.05) is 41.5 Å². The van der Waals surface area contributed by atoms with Crippen LogP contribution in [-0.2, 0) is 23.9 Å². The molecule has 0 aromatic carbocycles. The van der Waals surface area contributed by atoms with Crippen molar-refractivity contribution < 1.29 is 23.9 Å². The molecule has 0 spiro atoms. The van der Waals surface area contributed by atoms with Crippen molar-refractivity contribution in [2.75, 3.05) is 0 Å². The number of cyclic esters (lactones) is 2. The van der Waals surface area contributed by atoms with Gasteiger partial charge in [0.05, 0.1) is 18.3 Å². The highest BCUT2D eigenvalue weighted by Crippen LogP contribution is 2.53. The van der Waals surface area contributed by atoms with Crippen LogP contribution in [0.4, 0.5) is 0 Å². The molecule has 146 valence electrons.